The average molecular weight is 510 g/mol. The number of carbonyl (C=O) groups is 3. The third kappa shape index (κ3) is 9.23. The van der Waals surface area contributed by atoms with Crippen LogP contribution in [0.25, 0.3) is 0 Å². The first-order valence-electron chi connectivity index (χ1n) is 13.0. The second kappa shape index (κ2) is 13.3. The van der Waals surface area contributed by atoms with E-state index in [0.29, 0.717) is 13.0 Å². The third-order valence-corrected chi connectivity index (χ3v) is 5.83. The lowest BCUT2D eigenvalue weighted by molar-refractivity contribution is -0.145. The highest BCUT2D eigenvalue weighted by Crippen LogP contribution is 2.28. The molecule has 0 bridgehead atoms. The molecular formula is C30H43N3O4. The highest BCUT2D eigenvalue weighted by atomic mass is 16.6. The van der Waals surface area contributed by atoms with Gasteiger partial charge in [-0.3, -0.25) is 9.59 Å². The Morgan fingerprint density at radius 3 is 2.05 bits per heavy atom. The quantitative estimate of drug-likeness (QED) is 0.441. The number of hydrogen-bond donors (Lipinski definition) is 2. The lowest BCUT2D eigenvalue weighted by atomic mass is 9.95. The van der Waals surface area contributed by atoms with Gasteiger partial charge in [0.1, 0.15) is 17.7 Å². The van der Waals surface area contributed by atoms with Gasteiger partial charge in [-0.1, -0.05) is 68.4 Å². The molecule has 3 amide bonds. The van der Waals surface area contributed by atoms with E-state index in [1.165, 1.54) is 0 Å². The van der Waals surface area contributed by atoms with Crippen molar-refractivity contribution >= 4 is 17.9 Å². The minimum absolute atomic E-state index is 0.127. The Morgan fingerprint density at radius 1 is 0.919 bits per heavy atom. The molecule has 0 aliphatic rings. The van der Waals surface area contributed by atoms with E-state index in [1.807, 2.05) is 89.2 Å². The molecule has 0 saturated carbocycles. The van der Waals surface area contributed by atoms with Crippen LogP contribution in [0.4, 0.5) is 4.79 Å². The van der Waals surface area contributed by atoms with Gasteiger partial charge in [0.25, 0.3) is 0 Å². The summed E-state index contributed by atoms with van der Waals surface area (Å²) in [5, 5.41) is 5.80. The van der Waals surface area contributed by atoms with Crippen molar-refractivity contribution in [1.29, 1.82) is 0 Å². The van der Waals surface area contributed by atoms with Crippen molar-refractivity contribution in [2.75, 3.05) is 0 Å². The molecule has 7 heteroatoms. The van der Waals surface area contributed by atoms with Gasteiger partial charge in [0, 0.05) is 12.6 Å². The summed E-state index contributed by atoms with van der Waals surface area (Å²) in [4.78, 5) is 42.1. The first-order chi connectivity index (χ1) is 17.3. The summed E-state index contributed by atoms with van der Waals surface area (Å²) in [6.07, 6.45) is -0.246. The number of aryl methyl sites for hydroxylation is 1. The fourth-order valence-corrected chi connectivity index (χ4v) is 4.20. The van der Waals surface area contributed by atoms with E-state index < -0.39 is 23.8 Å². The summed E-state index contributed by atoms with van der Waals surface area (Å²) >= 11 is 0. The maximum absolute atomic E-state index is 14.1. The molecule has 2 N–H and O–H groups in total. The number of nitrogens with zero attached hydrogens (tertiary/aromatic N) is 1. The summed E-state index contributed by atoms with van der Waals surface area (Å²) in [5.41, 5.74) is 1.91. The molecule has 202 valence electrons. The topological polar surface area (TPSA) is 87.7 Å². The Labute approximate surface area is 222 Å². The van der Waals surface area contributed by atoms with Crippen LogP contribution in [0, 0.1) is 12.8 Å². The van der Waals surface area contributed by atoms with Crippen molar-refractivity contribution in [3.05, 3.63) is 71.3 Å². The Kier molecular flexibility index (Phi) is 10.7. The second-order valence-corrected chi connectivity index (χ2v) is 11.1. The number of rotatable bonds is 10. The van der Waals surface area contributed by atoms with Crippen LogP contribution in [0.2, 0.25) is 0 Å². The number of amides is 3. The van der Waals surface area contributed by atoms with E-state index in [1.54, 1.807) is 25.7 Å². The molecule has 0 fully saturated rings. The molecule has 2 atom stereocenters. The molecule has 37 heavy (non-hydrogen) atoms. The molecule has 0 saturated heterocycles. The molecule has 2 aromatic carbocycles. The predicted octanol–water partition coefficient (Wildman–Crippen LogP) is 5.53. The number of ether oxygens (including phenoxy) is 1. The van der Waals surface area contributed by atoms with Crippen molar-refractivity contribution in [3.8, 4) is 0 Å². The van der Waals surface area contributed by atoms with Gasteiger partial charge in [-0.05, 0) is 70.6 Å². The fourth-order valence-electron chi connectivity index (χ4n) is 4.20. The van der Waals surface area contributed by atoms with Gasteiger partial charge in [-0.2, -0.15) is 0 Å². The van der Waals surface area contributed by atoms with Crippen LogP contribution in [-0.2, 0) is 20.9 Å². The first kappa shape index (κ1) is 29.9. The minimum Gasteiger partial charge on any atom is -0.444 e. The summed E-state index contributed by atoms with van der Waals surface area (Å²) in [7, 11) is 0. The zero-order valence-electron chi connectivity index (χ0n) is 23.5. The van der Waals surface area contributed by atoms with Gasteiger partial charge < -0.3 is 20.3 Å². The molecule has 2 unspecified atom stereocenters. The van der Waals surface area contributed by atoms with E-state index in [-0.39, 0.29) is 23.8 Å². The number of alkyl carbamates (subject to hydrolysis) is 1. The summed E-state index contributed by atoms with van der Waals surface area (Å²) in [5.74, 6) is -0.472. The zero-order valence-corrected chi connectivity index (χ0v) is 23.5. The molecule has 0 aliphatic carbocycles. The van der Waals surface area contributed by atoms with Crippen molar-refractivity contribution in [3.63, 3.8) is 0 Å². The fraction of sp³-hybridized carbons (Fsp3) is 0.500. The van der Waals surface area contributed by atoms with Crippen molar-refractivity contribution in [2.45, 2.75) is 92.1 Å². The Bertz CT molecular complexity index is 1040. The van der Waals surface area contributed by atoms with E-state index in [0.717, 1.165) is 16.7 Å². The van der Waals surface area contributed by atoms with Gasteiger partial charge in [-0.25, -0.2) is 4.79 Å². The number of nitrogens with one attached hydrogen (secondary N) is 2. The smallest absolute Gasteiger partial charge is 0.408 e. The Hall–Kier alpha value is -3.35. The largest absolute Gasteiger partial charge is 0.444 e. The van der Waals surface area contributed by atoms with Gasteiger partial charge in [0.2, 0.25) is 11.8 Å². The minimum atomic E-state index is -0.868. The summed E-state index contributed by atoms with van der Waals surface area (Å²) in [6.45, 7) is 15.3. The number of carbonyl (C=O) groups excluding carboxylic acids is 3. The zero-order chi connectivity index (χ0) is 27.8. The standard InChI is InChI=1S/C30H43N3O4/c1-20(2)18-25(32-29(36)37-30(6,7)8)28(35)33(21(3)4)26(24-17-13-12-14-22(24)5)27(34)31-19-23-15-10-9-11-16-23/h9-17,20-21,25-26H,18-19H2,1-8H3,(H,31,34)(H,32,36). The molecule has 7 nitrogen and oxygen atoms in total. The summed E-state index contributed by atoms with van der Waals surface area (Å²) < 4.78 is 5.44. The third-order valence-electron chi connectivity index (χ3n) is 5.83. The van der Waals surface area contributed by atoms with Crippen LogP contribution in [-0.4, -0.2) is 40.5 Å². The van der Waals surface area contributed by atoms with Gasteiger partial charge in [-0.15, -0.1) is 0 Å². The molecule has 0 aromatic heterocycles. The van der Waals surface area contributed by atoms with Crippen molar-refractivity contribution in [1.82, 2.24) is 15.5 Å². The normalized spacial score (nSPS) is 13.1. The van der Waals surface area contributed by atoms with Crippen LogP contribution < -0.4 is 10.6 Å². The monoisotopic (exact) mass is 509 g/mol. The number of hydrogen-bond acceptors (Lipinski definition) is 4. The molecule has 0 heterocycles. The molecule has 2 rings (SSSR count). The van der Waals surface area contributed by atoms with Crippen LogP contribution in [0.3, 0.4) is 0 Å². The first-order valence-corrected chi connectivity index (χ1v) is 13.0. The van der Waals surface area contributed by atoms with E-state index >= 15 is 0 Å². The molecule has 0 radical (unpaired) electrons. The molecule has 0 aliphatic heterocycles. The lowest BCUT2D eigenvalue weighted by Crippen LogP contribution is -2.55. The average Bonchev–Trinajstić information content (AvgIpc) is 2.79. The van der Waals surface area contributed by atoms with Crippen LogP contribution in [0.1, 0.15) is 77.6 Å². The Morgan fingerprint density at radius 2 is 1.51 bits per heavy atom. The highest BCUT2D eigenvalue weighted by Gasteiger charge is 2.38. The lowest BCUT2D eigenvalue weighted by Gasteiger charge is -2.38. The van der Waals surface area contributed by atoms with Gasteiger partial charge >= 0.3 is 6.09 Å². The molecular weight excluding hydrogens is 466 g/mol. The van der Waals surface area contributed by atoms with Crippen LogP contribution in [0.15, 0.2) is 54.6 Å². The predicted molar refractivity (Wildman–Crippen MR) is 147 cm³/mol. The van der Waals surface area contributed by atoms with E-state index in [9.17, 15) is 14.4 Å². The molecule has 0 spiro atoms. The van der Waals surface area contributed by atoms with Crippen LogP contribution >= 0.6 is 0 Å². The second-order valence-electron chi connectivity index (χ2n) is 11.1. The van der Waals surface area contributed by atoms with Crippen molar-refractivity contribution in [2.24, 2.45) is 5.92 Å². The maximum atomic E-state index is 14.1. The summed E-state index contributed by atoms with van der Waals surface area (Å²) in [6, 6.07) is 15.2. The van der Waals surface area contributed by atoms with E-state index in [4.69, 9.17) is 4.74 Å². The van der Waals surface area contributed by atoms with Gasteiger partial charge in [0.05, 0.1) is 0 Å². The number of benzene rings is 2. The van der Waals surface area contributed by atoms with E-state index in [2.05, 4.69) is 10.6 Å². The highest BCUT2D eigenvalue weighted by molar-refractivity contribution is 5.92. The van der Waals surface area contributed by atoms with Crippen molar-refractivity contribution < 1.29 is 19.1 Å². The van der Waals surface area contributed by atoms with Gasteiger partial charge in [0.15, 0.2) is 0 Å². The molecule has 2 aromatic rings. The Balaban J connectivity index is 2.45. The van der Waals surface area contributed by atoms with Crippen LogP contribution in [0.5, 0.6) is 0 Å². The SMILES string of the molecule is Cc1ccccc1C(C(=O)NCc1ccccc1)N(C(=O)C(CC(C)C)NC(=O)OC(C)(C)C)C(C)C. The maximum Gasteiger partial charge on any atom is 0.408 e.